The first-order valence-corrected chi connectivity index (χ1v) is 4.11. The molecule has 1 atom stereocenters. The van der Waals surface area contributed by atoms with E-state index in [1.807, 2.05) is 6.92 Å². The van der Waals surface area contributed by atoms with Gasteiger partial charge in [0.1, 0.15) is 0 Å². The molecule has 3 N–H and O–H groups in total. The van der Waals surface area contributed by atoms with Gasteiger partial charge in [0.25, 0.3) is 0 Å². The third-order valence-corrected chi connectivity index (χ3v) is 2.01. The fourth-order valence-corrected chi connectivity index (χ4v) is 1.24. The lowest BCUT2D eigenvalue weighted by atomic mass is 10.0. The zero-order valence-corrected chi connectivity index (χ0v) is 7.74. The minimum atomic E-state index is -0.570. The van der Waals surface area contributed by atoms with Gasteiger partial charge < -0.3 is 10.8 Å². The van der Waals surface area contributed by atoms with Crippen molar-refractivity contribution in [1.29, 1.82) is 0 Å². The molecule has 1 aromatic carbocycles. The Hall–Kier alpha value is -1.35. The van der Waals surface area contributed by atoms with Crippen molar-refractivity contribution in [1.82, 2.24) is 0 Å². The normalized spacial score (nSPS) is 12.5. The molecule has 13 heavy (non-hydrogen) atoms. The molecule has 1 aromatic rings. The highest BCUT2D eigenvalue weighted by molar-refractivity contribution is 5.93. The zero-order valence-electron chi connectivity index (χ0n) is 7.74. The molecule has 3 heteroatoms. The quantitative estimate of drug-likeness (QED) is 0.715. The van der Waals surface area contributed by atoms with Crippen molar-refractivity contribution in [3.05, 3.63) is 34.9 Å². The second kappa shape index (κ2) is 3.58. The summed E-state index contributed by atoms with van der Waals surface area (Å²) in [6, 6.07) is 5.06. The van der Waals surface area contributed by atoms with Crippen LogP contribution in [0, 0.1) is 6.92 Å². The highest BCUT2D eigenvalue weighted by Gasteiger charge is 2.07. The van der Waals surface area contributed by atoms with Crippen molar-refractivity contribution in [2.75, 3.05) is 0 Å². The van der Waals surface area contributed by atoms with Crippen LogP contribution >= 0.6 is 0 Å². The van der Waals surface area contributed by atoms with Gasteiger partial charge in [0, 0.05) is 5.56 Å². The Morgan fingerprint density at radius 1 is 1.54 bits per heavy atom. The van der Waals surface area contributed by atoms with Gasteiger partial charge in [-0.15, -0.1) is 0 Å². The Balaban J connectivity index is 3.19. The van der Waals surface area contributed by atoms with E-state index >= 15 is 0 Å². The first-order valence-electron chi connectivity index (χ1n) is 4.11. The molecule has 0 heterocycles. The number of rotatable bonds is 2. The van der Waals surface area contributed by atoms with Crippen LogP contribution in [0.2, 0.25) is 0 Å². The number of amides is 1. The van der Waals surface area contributed by atoms with E-state index in [1.165, 1.54) is 0 Å². The summed E-state index contributed by atoms with van der Waals surface area (Å²) in [6.07, 6.45) is -0.570. The maximum atomic E-state index is 10.8. The molecule has 0 saturated heterocycles. The van der Waals surface area contributed by atoms with Gasteiger partial charge in [0.05, 0.1) is 6.10 Å². The fraction of sp³-hybridized carbons (Fsp3) is 0.300. The molecule has 0 saturated carbocycles. The predicted octanol–water partition coefficient (Wildman–Crippen LogP) is 1.15. The van der Waals surface area contributed by atoms with Gasteiger partial charge >= 0.3 is 0 Å². The summed E-state index contributed by atoms with van der Waals surface area (Å²) in [7, 11) is 0. The molecule has 0 aliphatic rings. The summed E-state index contributed by atoms with van der Waals surface area (Å²) >= 11 is 0. The summed E-state index contributed by atoms with van der Waals surface area (Å²) in [4.78, 5) is 10.8. The molecule has 0 aromatic heterocycles. The number of aliphatic hydroxyl groups excluding tert-OH is 1. The van der Waals surface area contributed by atoms with Crippen LogP contribution in [0.3, 0.4) is 0 Å². The monoisotopic (exact) mass is 179 g/mol. The van der Waals surface area contributed by atoms with Crippen LogP contribution in [-0.4, -0.2) is 11.0 Å². The van der Waals surface area contributed by atoms with Gasteiger partial charge in [-0.1, -0.05) is 6.07 Å². The molecule has 0 spiro atoms. The van der Waals surface area contributed by atoms with Crippen molar-refractivity contribution in [3.63, 3.8) is 0 Å². The first-order chi connectivity index (χ1) is 6.02. The number of nitrogens with two attached hydrogens (primary N) is 1. The lowest BCUT2D eigenvalue weighted by Gasteiger charge is -2.09. The van der Waals surface area contributed by atoms with Gasteiger partial charge in [-0.05, 0) is 37.1 Å². The largest absolute Gasteiger partial charge is 0.389 e. The van der Waals surface area contributed by atoms with Gasteiger partial charge in [-0.25, -0.2) is 0 Å². The molecule has 3 nitrogen and oxygen atoms in total. The van der Waals surface area contributed by atoms with Crippen molar-refractivity contribution in [2.24, 2.45) is 5.73 Å². The summed E-state index contributed by atoms with van der Waals surface area (Å²) in [5.74, 6) is -0.470. The third kappa shape index (κ3) is 2.06. The maximum Gasteiger partial charge on any atom is 0.248 e. The molecule has 0 aliphatic heterocycles. The predicted molar refractivity (Wildman–Crippen MR) is 50.3 cm³/mol. The van der Waals surface area contributed by atoms with E-state index in [4.69, 9.17) is 5.73 Å². The van der Waals surface area contributed by atoms with Crippen LogP contribution in [-0.2, 0) is 0 Å². The Kier molecular flexibility index (Phi) is 2.68. The first kappa shape index (κ1) is 9.74. The lowest BCUT2D eigenvalue weighted by molar-refractivity contribution is 0.1000. The van der Waals surface area contributed by atoms with Crippen LogP contribution in [0.4, 0.5) is 0 Å². The zero-order chi connectivity index (χ0) is 10.0. The van der Waals surface area contributed by atoms with Crippen LogP contribution in [0.15, 0.2) is 18.2 Å². The molecule has 1 unspecified atom stereocenters. The second-order valence-corrected chi connectivity index (χ2v) is 3.11. The van der Waals surface area contributed by atoms with E-state index in [0.29, 0.717) is 5.56 Å². The van der Waals surface area contributed by atoms with E-state index in [9.17, 15) is 9.90 Å². The lowest BCUT2D eigenvalue weighted by Crippen LogP contribution is -2.11. The van der Waals surface area contributed by atoms with E-state index in [0.717, 1.165) is 11.1 Å². The summed E-state index contributed by atoms with van der Waals surface area (Å²) in [6.45, 7) is 3.54. The highest BCUT2D eigenvalue weighted by atomic mass is 16.3. The molecule has 0 bridgehead atoms. The summed E-state index contributed by atoms with van der Waals surface area (Å²) in [5.41, 5.74) is 7.25. The number of hydrogen-bond donors (Lipinski definition) is 2. The number of hydrogen-bond acceptors (Lipinski definition) is 2. The van der Waals surface area contributed by atoms with E-state index in [1.54, 1.807) is 25.1 Å². The SMILES string of the molecule is Cc1ccc(C(N)=O)cc1C(C)O. The van der Waals surface area contributed by atoms with Crippen molar-refractivity contribution in [3.8, 4) is 0 Å². The van der Waals surface area contributed by atoms with Gasteiger partial charge in [0.2, 0.25) is 5.91 Å². The number of primary amides is 1. The summed E-state index contributed by atoms with van der Waals surface area (Å²) in [5, 5.41) is 9.36. The van der Waals surface area contributed by atoms with E-state index in [2.05, 4.69) is 0 Å². The Morgan fingerprint density at radius 2 is 2.15 bits per heavy atom. The Bertz CT molecular complexity index is 332. The van der Waals surface area contributed by atoms with Gasteiger partial charge in [-0.2, -0.15) is 0 Å². The number of carbonyl (C=O) groups excluding carboxylic acids is 1. The number of benzene rings is 1. The average Bonchev–Trinajstić information content (AvgIpc) is 2.04. The maximum absolute atomic E-state index is 10.8. The molecule has 0 aliphatic carbocycles. The van der Waals surface area contributed by atoms with Crippen LogP contribution < -0.4 is 5.73 Å². The van der Waals surface area contributed by atoms with Gasteiger partial charge in [-0.3, -0.25) is 4.79 Å². The minimum absolute atomic E-state index is 0.432. The van der Waals surface area contributed by atoms with Crippen molar-refractivity contribution < 1.29 is 9.90 Å². The molecular formula is C10H13NO2. The average molecular weight is 179 g/mol. The van der Waals surface area contributed by atoms with Crippen molar-refractivity contribution in [2.45, 2.75) is 20.0 Å². The molecule has 0 fully saturated rings. The molecule has 70 valence electrons. The number of aliphatic hydroxyl groups is 1. The van der Waals surface area contributed by atoms with Crippen molar-refractivity contribution >= 4 is 5.91 Å². The second-order valence-electron chi connectivity index (χ2n) is 3.11. The minimum Gasteiger partial charge on any atom is -0.389 e. The number of carbonyl (C=O) groups is 1. The smallest absolute Gasteiger partial charge is 0.248 e. The topological polar surface area (TPSA) is 63.3 Å². The van der Waals surface area contributed by atoms with Crippen LogP contribution in [0.1, 0.15) is 34.5 Å². The molecular weight excluding hydrogens is 166 g/mol. The molecule has 1 amide bonds. The van der Waals surface area contributed by atoms with E-state index < -0.39 is 12.0 Å². The standard InChI is InChI=1S/C10H13NO2/c1-6-3-4-8(10(11)13)5-9(6)7(2)12/h3-5,7,12H,1-2H3,(H2,11,13). The van der Waals surface area contributed by atoms with Crippen LogP contribution in [0.5, 0.6) is 0 Å². The fourth-order valence-electron chi connectivity index (χ4n) is 1.24. The summed E-state index contributed by atoms with van der Waals surface area (Å²) < 4.78 is 0. The third-order valence-electron chi connectivity index (χ3n) is 2.01. The molecule has 0 radical (unpaired) electrons. The van der Waals surface area contributed by atoms with Gasteiger partial charge in [0.15, 0.2) is 0 Å². The van der Waals surface area contributed by atoms with Crippen LogP contribution in [0.25, 0.3) is 0 Å². The van der Waals surface area contributed by atoms with E-state index in [-0.39, 0.29) is 0 Å². The number of aryl methyl sites for hydroxylation is 1. The Morgan fingerprint density at radius 3 is 2.62 bits per heavy atom. The highest BCUT2D eigenvalue weighted by Crippen LogP contribution is 2.18. The molecule has 1 rings (SSSR count). The Labute approximate surface area is 77.2 Å².